The van der Waals surface area contributed by atoms with Crippen LogP contribution in [0.2, 0.25) is 0 Å². The van der Waals surface area contributed by atoms with Gasteiger partial charge in [0.15, 0.2) is 0 Å². The van der Waals surface area contributed by atoms with Gasteiger partial charge in [-0.05, 0) is 23.8 Å². The minimum Gasteiger partial charge on any atom is -0.495 e. The molecule has 3 aromatic carbocycles. The number of amides is 4. The summed E-state index contributed by atoms with van der Waals surface area (Å²) in [4.78, 5) is 38.1. The van der Waals surface area contributed by atoms with E-state index in [0.29, 0.717) is 28.1 Å². The number of furan rings is 1. The molecule has 2 N–H and O–H groups in total. The molecule has 1 aromatic heterocycles. The van der Waals surface area contributed by atoms with E-state index in [2.05, 4.69) is 10.6 Å². The highest BCUT2D eigenvalue weighted by Gasteiger charge is 2.29. The Balaban J connectivity index is 1.48. The molecule has 0 radical (unpaired) electrons. The van der Waals surface area contributed by atoms with E-state index < -0.39 is 6.03 Å². The van der Waals surface area contributed by atoms with Crippen molar-refractivity contribution in [1.82, 2.24) is 10.2 Å². The van der Waals surface area contributed by atoms with E-state index in [-0.39, 0.29) is 24.9 Å². The average Bonchev–Trinajstić information content (AvgIpc) is 3.32. The first kappa shape index (κ1) is 19.6. The maximum Gasteiger partial charge on any atom is 0.324 e. The largest absolute Gasteiger partial charge is 0.495 e. The zero-order valence-electron chi connectivity index (χ0n) is 17.2. The molecule has 0 spiro atoms. The van der Waals surface area contributed by atoms with E-state index in [4.69, 9.17) is 9.15 Å². The van der Waals surface area contributed by atoms with Crippen LogP contribution in [0, 0.1) is 0 Å². The van der Waals surface area contributed by atoms with Crippen LogP contribution in [-0.4, -0.2) is 36.4 Å². The molecule has 0 atom stereocenters. The van der Waals surface area contributed by atoms with Crippen molar-refractivity contribution < 1.29 is 23.5 Å². The predicted molar refractivity (Wildman–Crippen MR) is 119 cm³/mol. The maximum atomic E-state index is 13.1. The van der Waals surface area contributed by atoms with Gasteiger partial charge in [0.1, 0.15) is 16.9 Å². The fraction of sp³-hybridized carbons (Fsp3) is 0.125. The minimum absolute atomic E-state index is 0.00794. The Kier molecular flexibility index (Phi) is 4.74. The van der Waals surface area contributed by atoms with Crippen LogP contribution in [0.3, 0.4) is 0 Å². The van der Waals surface area contributed by atoms with Crippen LogP contribution in [0.1, 0.15) is 15.9 Å². The third kappa shape index (κ3) is 3.31. The van der Waals surface area contributed by atoms with Gasteiger partial charge in [0.2, 0.25) is 5.91 Å². The predicted octanol–water partition coefficient (Wildman–Crippen LogP) is 3.90. The second-order valence-corrected chi connectivity index (χ2v) is 7.40. The highest BCUT2D eigenvalue weighted by atomic mass is 16.5. The number of methoxy groups -OCH3 is 1. The Morgan fingerprint density at radius 2 is 1.84 bits per heavy atom. The first-order valence-corrected chi connectivity index (χ1v) is 10.0. The number of hydrogen-bond acceptors (Lipinski definition) is 5. The molecule has 0 saturated carbocycles. The van der Waals surface area contributed by atoms with Crippen LogP contribution in [0.25, 0.3) is 21.9 Å². The van der Waals surface area contributed by atoms with Crippen molar-refractivity contribution in [3.05, 3.63) is 71.8 Å². The number of nitrogens with zero attached hydrogens (tertiary/aromatic N) is 1. The summed E-state index contributed by atoms with van der Waals surface area (Å²) in [6, 6.07) is 17.6. The number of anilines is 1. The van der Waals surface area contributed by atoms with Crippen molar-refractivity contribution in [3.63, 3.8) is 0 Å². The molecule has 8 nitrogen and oxygen atoms in total. The quantitative estimate of drug-likeness (QED) is 0.469. The fourth-order valence-corrected chi connectivity index (χ4v) is 3.87. The molecule has 0 aliphatic carbocycles. The van der Waals surface area contributed by atoms with Crippen molar-refractivity contribution >= 4 is 45.5 Å². The molecule has 1 fully saturated rings. The number of urea groups is 1. The van der Waals surface area contributed by atoms with Crippen LogP contribution in [0.15, 0.2) is 65.1 Å². The molecule has 2 heterocycles. The lowest BCUT2D eigenvalue weighted by Gasteiger charge is -2.16. The van der Waals surface area contributed by atoms with Gasteiger partial charge in [-0.15, -0.1) is 0 Å². The standard InChI is InChI=1S/C24H19N3O5/c1-31-21-10-17-16-8-4-5-9-19(16)32-20(17)11-18(21)26-23(29)15-7-3-2-6-14(15)13-27-22(28)12-25-24(27)30/h2-11H,12-13H2,1H3,(H,25,30)(H,26,29). The second kappa shape index (κ2) is 7.73. The lowest BCUT2D eigenvalue weighted by Crippen LogP contribution is -2.31. The van der Waals surface area contributed by atoms with Gasteiger partial charge in [-0.3, -0.25) is 14.5 Å². The molecule has 160 valence electrons. The van der Waals surface area contributed by atoms with Gasteiger partial charge in [-0.1, -0.05) is 36.4 Å². The van der Waals surface area contributed by atoms with Gasteiger partial charge >= 0.3 is 6.03 Å². The van der Waals surface area contributed by atoms with Crippen molar-refractivity contribution in [1.29, 1.82) is 0 Å². The van der Waals surface area contributed by atoms with Crippen LogP contribution in [0.5, 0.6) is 5.75 Å². The summed E-state index contributed by atoms with van der Waals surface area (Å²) in [6.07, 6.45) is 0. The molecule has 4 aromatic rings. The van der Waals surface area contributed by atoms with Crippen molar-refractivity contribution in [2.24, 2.45) is 0 Å². The number of ether oxygens (including phenoxy) is 1. The Morgan fingerprint density at radius 1 is 1.06 bits per heavy atom. The average molecular weight is 429 g/mol. The summed E-state index contributed by atoms with van der Waals surface area (Å²) in [7, 11) is 1.53. The molecular formula is C24H19N3O5. The van der Waals surface area contributed by atoms with Crippen LogP contribution in [0.4, 0.5) is 10.5 Å². The van der Waals surface area contributed by atoms with Gasteiger partial charge in [0.05, 0.1) is 25.9 Å². The Morgan fingerprint density at radius 3 is 2.62 bits per heavy atom. The summed E-state index contributed by atoms with van der Waals surface area (Å²) in [5, 5.41) is 7.19. The summed E-state index contributed by atoms with van der Waals surface area (Å²) in [5.41, 5.74) is 2.72. The molecule has 1 saturated heterocycles. The molecule has 1 aliphatic rings. The van der Waals surface area contributed by atoms with Crippen LogP contribution >= 0.6 is 0 Å². The van der Waals surface area contributed by atoms with Gasteiger partial charge < -0.3 is 19.8 Å². The van der Waals surface area contributed by atoms with Crippen LogP contribution < -0.4 is 15.4 Å². The highest BCUT2D eigenvalue weighted by Crippen LogP contribution is 2.36. The maximum absolute atomic E-state index is 13.1. The zero-order valence-corrected chi connectivity index (χ0v) is 17.2. The smallest absolute Gasteiger partial charge is 0.324 e. The first-order valence-electron chi connectivity index (χ1n) is 10.0. The number of para-hydroxylation sites is 1. The summed E-state index contributed by atoms with van der Waals surface area (Å²) < 4.78 is 11.4. The number of fused-ring (bicyclic) bond motifs is 3. The minimum atomic E-state index is -0.470. The number of carbonyl (C=O) groups is 3. The number of imide groups is 1. The van der Waals surface area contributed by atoms with Gasteiger partial charge in [-0.2, -0.15) is 0 Å². The van der Waals surface area contributed by atoms with Crippen LogP contribution in [-0.2, 0) is 11.3 Å². The number of rotatable bonds is 5. The highest BCUT2D eigenvalue weighted by molar-refractivity contribution is 6.10. The Labute approximate surface area is 182 Å². The van der Waals surface area contributed by atoms with E-state index in [1.165, 1.54) is 7.11 Å². The molecule has 32 heavy (non-hydrogen) atoms. The van der Waals surface area contributed by atoms with Gasteiger partial charge in [0.25, 0.3) is 5.91 Å². The van der Waals surface area contributed by atoms with Crippen molar-refractivity contribution in [2.75, 3.05) is 19.0 Å². The topological polar surface area (TPSA) is 101 Å². The zero-order chi connectivity index (χ0) is 22.2. The third-order valence-electron chi connectivity index (χ3n) is 5.47. The molecule has 8 heteroatoms. The molecule has 1 aliphatic heterocycles. The molecule has 0 unspecified atom stereocenters. The molecule has 4 amide bonds. The third-order valence-corrected chi connectivity index (χ3v) is 5.47. The monoisotopic (exact) mass is 429 g/mol. The van der Waals surface area contributed by atoms with Gasteiger partial charge in [-0.25, -0.2) is 4.79 Å². The summed E-state index contributed by atoms with van der Waals surface area (Å²) >= 11 is 0. The Hall–Kier alpha value is -4.33. The van der Waals surface area contributed by atoms with E-state index in [1.54, 1.807) is 30.3 Å². The molecule has 5 rings (SSSR count). The van der Waals surface area contributed by atoms with Crippen molar-refractivity contribution in [2.45, 2.75) is 6.54 Å². The van der Waals surface area contributed by atoms with E-state index in [9.17, 15) is 14.4 Å². The summed E-state index contributed by atoms with van der Waals surface area (Å²) in [6.45, 7) is -0.0318. The molecular weight excluding hydrogens is 410 g/mol. The lowest BCUT2D eigenvalue weighted by atomic mass is 10.1. The SMILES string of the molecule is COc1cc2c(cc1NC(=O)c1ccccc1CN1C(=O)CNC1=O)oc1ccccc12. The number of hydrogen-bond donors (Lipinski definition) is 2. The lowest BCUT2D eigenvalue weighted by molar-refractivity contribution is -0.125. The Bertz CT molecular complexity index is 1380. The van der Waals surface area contributed by atoms with Gasteiger partial charge in [0, 0.05) is 22.4 Å². The van der Waals surface area contributed by atoms with E-state index >= 15 is 0 Å². The second-order valence-electron chi connectivity index (χ2n) is 7.40. The summed E-state index contributed by atoms with van der Waals surface area (Å²) in [5.74, 6) is -0.229. The number of carbonyl (C=O) groups excluding carboxylic acids is 3. The number of benzene rings is 3. The van der Waals surface area contributed by atoms with Crippen molar-refractivity contribution in [3.8, 4) is 5.75 Å². The normalized spacial score (nSPS) is 13.6. The van der Waals surface area contributed by atoms with E-state index in [0.717, 1.165) is 21.3 Å². The fourth-order valence-electron chi connectivity index (χ4n) is 3.87. The molecule has 0 bridgehead atoms. The van der Waals surface area contributed by atoms with E-state index in [1.807, 2.05) is 30.3 Å². The first-order chi connectivity index (χ1) is 15.5. The number of nitrogens with one attached hydrogen (secondary N) is 2.